The van der Waals surface area contributed by atoms with Crippen LogP contribution < -0.4 is 11.1 Å². The number of anilines is 1. The molecule has 1 saturated carbocycles. The predicted octanol–water partition coefficient (Wildman–Crippen LogP) is 4.21. The third kappa shape index (κ3) is 5.81. The summed E-state index contributed by atoms with van der Waals surface area (Å²) in [7, 11) is 0. The Morgan fingerprint density at radius 3 is 2.72 bits per heavy atom. The molecular weight excluding hydrogens is 581 g/mol. The molecule has 4 rings (SSSR count). The number of amides is 1. The zero-order valence-electron chi connectivity index (χ0n) is 19.6. The third-order valence-electron chi connectivity index (χ3n) is 6.42. The highest BCUT2D eigenvalue weighted by molar-refractivity contribution is 14.1. The van der Waals surface area contributed by atoms with Crippen LogP contribution in [0, 0.1) is 16.3 Å². The zero-order valence-corrected chi connectivity index (χ0v) is 21.7. The number of hydrogen-bond donors (Lipinski definition) is 4. The van der Waals surface area contributed by atoms with Crippen molar-refractivity contribution in [2.45, 2.75) is 50.4 Å². The van der Waals surface area contributed by atoms with Crippen LogP contribution in [0.2, 0.25) is 0 Å². The van der Waals surface area contributed by atoms with Gasteiger partial charge in [-0.05, 0) is 84.2 Å². The number of aliphatic hydroxyl groups is 2. The lowest BCUT2D eigenvalue weighted by atomic mass is 9.84. The minimum Gasteiger partial charge on any atom is -0.394 e. The Balaban J connectivity index is 1.56. The lowest BCUT2D eigenvalue weighted by Gasteiger charge is -2.28. The maximum absolute atomic E-state index is 15.1. The number of carbonyl (C=O) groups is 1. The molecule has 0 saturated heterocycles. The van der Waals surface area contributed by atoms with E-state index in [-0.39, 0.29) is 36.0 Å². The van der Waals surface area contributed by atoms with E-state index in [4.69, 9.17) is 5.73 Å². The second-order valence-corrected chi connectivity index (χ2v) is 10.3. The number of carbonyl (C=O) groups excluding carboxylic acids is 1. The summed E-state index contributed by atoms with van der Waals surface area (Å²) in [4.78, 5) is 21.5. The maximum atomic E-state index is 15.1. The number of alkyl halides is 1. The number of rotatable bonds is 6. The first-order valence-electron chi connectivity index (χ1n) is 11.6. The minimum absolute atomic E-state index is 0.0809. The van der Waals surface area contributed by atoms with Crippen molar-refractivity contribution < 1.29 is 23.8 Å². The van der Waals surface area contributed by atoms with Gasteiger partial charge in [0.2, 0.25) is 0 Å². The number of nitrogens with one attached hydrogen (secondary N) is 1. The number of benzene rings is 2. The molecule has 36 heavy (non-hydrogen) atoms. The smallest absolute Gasteiger partial charge is 0.254 e. The molecule has 0 radical (unpaired) electrons. The van der Waals surface area contributed by atoms with Crippen molar-refractivity contribution >= 4 is 34.3 Å². The Morgan fingerprint density at radius 1 is 1.28 bits per heavy atom. The highest BCUT2D eigenvalue weighted by Crippen LogP contribution is 2.35. The molecule has 1 unspecified atom stereocenters. The Labute approximate surface area is 221 Å². The fourth-order valence-corrected chi connectivity index (χ4v) is 5.32. The molecule has 0 spiro atoms. The lowest BCUT2D eigenvalue weighted by molar-refractivity contribution is 0.0363. The summed E-state index contributed by atoms with van der Waals surface area (Å²) in [6.45, 7) is 1.57. The van der Waals surface area contributed by atoms with E-state index in [1.807, 2.05) is 25.1 Å². The van der Waals surface area contributed by atoms with E-state index < -0.39 is 30.0 Å². The average Bonchev–Trinajstić information content (AvgIpc) is 2.83. The van der Waals surface area contributed by atoms with Crippen LogP contribution in [-0.4, -0.2) is 45.0 Å². The van der Waals surface area contributed by atoms with Crippen LogP contribution in [0.15, 0.2) is 42.6 Å². The summed E-state index contributed by atoms with van der Waals surface area (Å²) in [5.41, 5.74) is 8.60. The van der Waals surface area contributed by atoms with Gasteiger partial charge in [-0.25, -0.2) is 18.7 Å². The summed E-state index contributed by atoms with van der Waals surface area (Å²) in [6, 6.07) is 8.99. The van der Waals surface area contributed by atoms with Gasteiger partial charge in [-0.15, -0.1) is 0 Å². The highest BCUT2D eigenvalue weighted by Gasteiger charge is 2.31. The largest absolute Gasteiger partial charge is 0.394 e. The normalized spacial score (nSPS) is 20.7. The lowest BCUT2D eigenvalue weighted by Crippen LogP contribution is -2.31. The van der Waals surface area contributed by atoms with E-state index in [2.05, 4.69) is 37.9 Å². The zero-order chi connectivity index (χ0) is 26.0. The molecule has 1 amide bonds. The van der Waals surface area contributed by atoms with E-state index >= 15 is 4.39 Å². The van der Waals surface area contributed by atoms with Crippen molar-refractivity contribution in [3.05, 3.63) is 74.4 Å². The van der Waals surface area contributed by atoms with Gasteiger partial charge in [-0.2, -0.15) is 0 Å². The molecule has 10 heteroatoms. The molecule has 1 aromatic heterocycles. The van der Waals surface area contributed by atoms with Gasteiger partial charge in [0.1, 0.15) is 23.5 Å². The van der Waals surface area contributed by atoms with Gasteiger partial charge in [0.05, 0.1) is 36.2 Å². The number of aryl methyl sites for hydroxylation is 1. The van der Waals surface area contributed by atoms with Gasteiger partial charge < -0.3 is 21.3 Å². The van der Waals surface area contributed by atoms with E-state index in [0.717, 1.165) is 20.8 Å². The number of nitrogens with zero attached hydrogens (tertiary/aromatic N) is 2. The molecular formula is C26H27F2IN4O3. The van der Waals surface area contributed by atoms with Gasteiger partial charge >= 0.3 is 0 Å². The molecule has 2 aromatic carbocycles. The second-order valence-electron chi connectivity index (χ2n) is 9.09. The molecule has 5 N–H and O–H groups in total. The van der Waals surface area contributed by atoms with E-state index in [0.29, 0.717) is 24.1 Å². The Kier molecular flexibility index (Phi) is 8.16. The third-order valence-corrected chi connectivity index (χ3v) is 7.04. The molecule has 190 valence electrons. The van der Waals surface area contributed by atoms with Gasteiger partial charge in [0, 0.05) is 15.1 Å². The summed E-state index contributed by atoms with van der Waals surface area (Å²) in [6.07, 6.45) is 0.163. The maximum Gasteiger partial charge on any atom is 0.254 e. The second kappa shape index (κ2) is 11.1. The fraction of sp³-hybridized carbons (Fsp3) is 0.346. The van der Waals surface area contributed by atoms with E-state index in [1.165, 1.54) is 18.3 Å². The van der Waals surface area contributed by atoms with Crippen LogP contribution in [0.1, 0.15) is 58.4 Å². The van der Waals surface area contributed by atoms with Crippen molar-refractivity contribution in [2.24, 2.45) is 0 Å². The van der Waals surface area contributed by atoms with Gasteiger partial charge in [-0.1, -0.05) is 12.1 Å². The van der Waals surface area contributed by atoms with Crippen LogP contribution in [-0.2, 0) is 0 Å². The topological polar surface area (TPSA) is 121 Å². The molecule has 3 aromatic rings. The van der Waals surface area contributed by atoms with Gasteiger partial charge in [0.25, 0.3) is 5.91 Å². The quantitative estimate of drug-likeness (QED) is 0.312. The van der Waals surface area contributed by atoms with Gasteiger partial charge in [0.15, 0.2) is 0 Å². The molecule has 0 bridgehead atoms. The number of aliphatic hydroxyl groups excluding tert-OH is 2. The Morgan fingerprint density at radius 2 is 2.06 bits per heavy atom. The number of nitrogens with two attached hydrogens (primary N) is 1. The van der Waals surface area contributed by atoms with Crippen LogP contribution in [0.4, 0.5) is 14.6 Å². The summed E-state index contributed by atoms with van der Waals surface area (Å²) >= 11 is 2.16. The molecule has 1 aliphatic carbocycles. The number of nitrogen functional groups attached to an aromatic ring is 1. The van der Waals surface area contributed by atoms with Crippen molar-refractivity contribution in [3.8, 4) is 11.3 Å². The number of halogens is 3. The van der Waals surface area contributed by atoms with Crippen LogP contribution >= 0.6 is 22.6 Å². The minimum atomic E-state index is -1.34. The van der Waals surface area contributed by atoms with Crippen molar-refractivity contribution in [2.75, 3.05) is 12.3 Å². The average molecular weight is 608 g/mol. The first-order valence-corrected chi connectivity index (χ1v) is 12.7. The summed E-state index contributed by atoms with van der Waals surface area (Å²) < 4.78 is 30.0. The number of hydrogen-bond acceptors (Lipinski definition) is 6. The first-order chi connectivity index (χ1) is 17.2. The predicted molar refractivity (Wildman–Crippen MR) is 141 cm³/mol. The molecule has 1 fully saturated rings. The first kappa shape index (κ1) is 26.4. The summed E-state index contributed by atoms with van der Waals surface area (Å²) in [5, 5.41) is 22.2. The molecule has 1 heterocycles. The standard InChI is InChI=1S/C26H27F2IN4O3/c1-13-6-16(8-17(29)7-13)22(12-34)33-26(36)18-4-2-15(10-19(18)27)24-25(30)31-11-21(32-24)14-3-5-23(35)20(28)9-14/h2,4,6-8,10-11,14,20,22-23,34-35H,3,5,9,12H2,1H3,(H2,30,31)(H,33,36)/t14?,20-,22-,23-/m1/s1. The molecule has 4 atom stereocenters. The van der Waals surface area contributed by atoms with Gasteiger partial charge in [-0.3, -0.25) is 4.79 Å². The highest BCUT2D eigenvalue weighted by atomic mass is 127. The van der Waals surface area contributed by atoms with Crippen LogP contribution in [0.5, 0.6) is 0 Å². The van der Waals surface area contributed by atoms with E-state index in [1.54, 1.807) is 0 Å². The monoisotopic (exact) mass is 608 g/mol. The molecule has 7 nitrogen and oxygen atoms in total. The Hall–Kier alpha value is -2.70. The van der Waals surface area contributed by atoms with Crippen LogP contribution in [0.3, 0.4) is 0 Å². The summed E-state index contributed by atoms with van der Waals surface area (Å²) in [5.74, 6) is -1.60. The Bertz CT molecular complexity index is 1260. The molecule has 1 aliphatic rings. The fourth-order valence-electron chi connectivity index (χ4n) is 4.47. The number of aromatic nitrogens is 2. The van der Waals surface area contributed by atoms with Crippen molar-refractivity contribution in [1.82, 2.24) is 15.3 Å². The van der Waals surface area contributed by atoms with Crippen molar-refractivity contribution in [3.63, 3.8) is 0 Å². The SMILES string of the molecule is Cc1cc(I)cc([C@@H](CO)NC(=O)c2ccc(-c3nc(C4CC[C@@H](O)[C@H](F)C4)cnc3N)cc2F)c1. The van der Waals surface area contributed by atoms with Crippen molar-refractivity contribution in [1.29, 1.82) is 0 Å². The van der Waals surface area contributed by atoms with E-state index in [9.17, 15) is 19.4 Å². The molecule has 0 aliphatic heterocycles. The van der Waals surface area contributed by atoms with Crippen LogP contribution in [0.25, 0.3) is 11.3 Å².